The molecule has 3 heterocycles. The first-order chi connectivity index (χ1) is 11.2. The van der Waals surface area contributed by atoms with Crippen LogP contribution in [0.4, 0.5) is 5.82 Å². The Bertz CT molecular complexity index is 774. The molecular formula is C18H23N3OS. The molecule has 1 saturated heterocycles. The lowest BCUT2D eigenvalue weighted by Crippen LogP contribution is -2.62. The van der Waals surface area contributed by atoms with Crippen molar-refractivity contribution in [2.45, 2.75) is 63.4 Å². The molecule has 1 aliphatic heterocycles. The second-order valence-electron chi connectivity index (χ2n) is 7.50. The van der Waals surface area contributed by atoms with Crippen LogP contribution in [0.2, 0.25) is 0 Å². The molecule has 0 spiro atoms. The number of aliphatic hydroxyl groups is 1. The number of aromatic nitrogens is 2. The van der Waals surface area contributed by atoms with Crippen LogP contribution in [-0.2, 0) is 12.8 Å². The molecule has 5 heteroatoms. The van der Waals surface area contributed by atoms with Crippen molar-refractivity contribution >= 4 is 27.4 Å². The van der Waals surface area contributed by atoms with Crippen molar-refractivity contribution in [1.29, 1.82) is 0 Å². The number of hydrogen-bond donors (Lipinski definition) is 1. The molecule has 1 N–H and O–H groups in total. The molecular weight excluding hydrogens is 306 g/mol. The van der Waals surface area contributed by atoms with E-state index in [0.29, 0.717) is 19.0 Å². The van der Waals surface area contributed by atoms with Gasteiger partial charge in [-0.05, 0) is 50.5 Å². The van der Waals surface area contributed by atoms with Crippen LogP contribution in [0.3, 0.4) is 0 Å². The van der Waals surface area contributed by atoms with Crippen molar-refractivity contribution in [2.75, 3.05) is 18.0 Å². The molecule has 5 rings (SSSR count). The summed E-state index contributed by atoms with van der Waals surface area (Å²) in [5, 5.41) is 11.7. The van der Waals surface area contributed by atoms with Gasteiger partial charge in [0.2, 0.25) is 0 Å². The van der Waals surface area contributed by atoms with Crippen molar-refractivity contribution in [3.63, 3.8) is 0 Å². The minimum atomic E-state index is -0.521. The van der Waals surface area contributed by atoms with Gasteiger partial charge in [0, 0.05) is 23.9 Å². The predicted octanol–water partition coefficient (Wildman–Crippen LogP) is 3.41. The molecule has 3 aliphatic rings. The fourth-order valence-electron chi connectivity index (χ4n) is 3.94. The van der Waals surface area contributed by atoms with Crippen LogP contribution >= 0.6 is 11.3 Å². The van der Waals surface area contributed by atoms with Gasteiger partial charge in [-0.1, -0.05) is 6.92 Å². The highest BCUT2D eigenvalue weighted by molar-refractivity contribution is 7.19. The van der Waals surface area contributed by atoms with E-state index < -0.39 is 5.60 Å². The van der Waals surface area contributed by atoms with Gasteiger partial charge in [-0.15, -0.1) is 11.3 Å². The molecule has 0 atom stereocenters. The summed E-state index contributed by atoms with van der Waals surface area (Å²) < 4.78 is 0. The Hall–Kier alpha value is -1.20. The molecule has 2 aromatic rings. The first-order valence-electron chi connectivity index (χ1n) is 8.96. The van der Waals surface area contributed by atoms with E-state index in [0.717, 1.165) is 18.1 Å². The average molecular weight is 329 g/mol. The lowest BCUT2D eigenvalue weighted by Gasteiger charge is -2.47. The Morgan fingerprint density at radius 1 is 1.22 bits per heavy atom. The van der Waals surface area contributed by atoms with Gasteiger partial charge < -0.3 is 10.0 Å². The van der Waals surface area contributed by atoms with Crippen LogP contribution in [-0.4, -0.2) is 33.8 Å². The van der Waals surface area contributed by atoms with Crippen molar-refractivity contribution in [3.8, 4) is 0 Å². The summed E-state index contributed by atoms with van der Waals surface area (Å²) in [7, 11) is 0. The van der Waals surface area contributed by atoms with Gasteiger partial charge in [-0.25, -0.2) is 9.97 Å². The fraction of sp³-hybridized carbons (Fsp3) is 0.667. The van der Waals surface area contributed by atoms with Crippen LogP contribution < -0.4 is 4.90 Å². The number of rotatable bonds is 3. The SMILES string of the molecule is CCC1(O)CN(c2nc(C3CC3)nc3sc4c(c23)CCCC4)C1. The van der Waals surface area contributed by atoms with E-state index in [2.05, 4.69) is 11.8 Å². The van der Waals surface area contributed by atoms with E-state index in [-0.39, 0.29) is 0 Å². The van der Waals surface area contributed by atoms with Gasteiger partial charge >= 0.3 is 0 Å². The molecule has 2 fully saturated rings. The molecule has 0 amide bonds. The van der Waals surface area contributed by atoms with Crippen LogP contribution in [0.1, 0.15) is 61.2 Å². The van der Waals surface area contributed by atoms with Crippen LogP contribution in [0.25, 0.3) is 10.2 Å². The molecule has 0 unspecified atom stereocenters. The number of nitrogens with zero attached hydrogens (tertiary/aromatic N) is 3. The molecule has 0 radical (unpaired) electrons. The minimum absolute atomic E-state index is 0.521. The standard InChI is InChI=1S/C18H23N3OS/c1-2-18(22)9-21(10-18)16-14-12-5-3-4-6-13(12)23-17(14)20-15(19-16)11-7-8-11/h11,22H,2-10H2,1H3. The van der Waals surface area contributed by atoms with E-state index in [9.17, 15) is 5.11 Å². The van der Waals surface area contributed by atoms with Crippen molar-refractivity contribution in [2.24, 2.45) is 0 Å². The Morgan fingerprint density at radius 2 is 2.00 bits per heavy atom. The van der Waals surface area contributed by atoms with E-state index in [1.54, 1.807) is 0 Å². The monoisotopic (exact) mass is 329 g/mol. The highest BCUT2D eigenvalue weighted by Crippen LogP contribution is 2.45. The van der Waals surface area contributed by atoms with Crippen molar-refractivity contribution in [3.05, 3.63) is 16.3 Å². The summed E-state index contributed by atoms with van der Waals surface area (Å²) >= 11 is 1.89. The third kappa shape index (κ3) is 2.20. The fourth-order valence-corrected chi connectivity index (χ4v) is 5.21. The van der Waals surface area contributed by atoms with Crippen LogP contribution in [0.15, 0.2) is 0 Å². The molecule has 0 bridgehead atoms. The summed E-state index contributed by atoms with van der Waals surface area (Å²) in [4.78, 5) is 14.9. The zero-order valence-corrected chi connectivity index (χ0v) is 14.5. The van der Waals surface area contributed by atoms with Gasteiger partial charge in [0.15, 0.2) is 0 Å². The normalized spacial score (nSPS) is 23.0. The Balaban J connectivity index is 1.64. The third-order valence-electron chi connectivity index (χ3n) is 5.68. The maximum atomic E-state index is 10.4. The van der Waals surface area contributed by atoms with E-state index in [1.165, 1.54) is 59.2 Å². The summed E-state index contributed by atoms with van der Waals surface area (Å²) in [6, 6.07) is 0. The van der Waals surface area contributed by atoms with E-state index in [1.807, 2.05) is 11.3 Å². The molecule has 2 aromatic heterocycles. The zero-order valence-electron chi connectivity index (χ0n) is 13.6. The highest BCUT2D eigenvalue weighted by Gasteiger charge is 2.42. The summed E-state index contributed by atoms with van der Waals surface area (Å²) in [5.74, 6) is 2.72. The maximum absolute atomic E-state index is 10.4. The van der Waals surface area contributed by atoms with Gasteiger partial charge in [0.1, 0.15) is 16.5 Å². The number of hydrogen-bond acceptors (Lipinski definition) is 5. The van der Waals surface area contributed by atoms with Crippen LogP contribution in [0, 0.1) is 0 Å². The van der Waals surface area contributed by atoms with Gasteiger partial charge in [0.25, 0.3) is 0 Å². The lowest BCUT2D eigenvalue weighted by molar-refractivity contribution is 0.00820. The number of anilines is 1. The number of fused-ring (bicyclic) bond motifs is 3. The number of β-amino-alcohol motifs (C(OH)–C–C–N with tert-alkyl or cyclic N) is 1. The van der Waals surface area contributed by atoms with E-state index in [4.69, 9.17) is 9.97 Å². The smallest absolute Gasteiger partial charge is 0.141 e. The first-order valence-corrected chi connectivity index (χ1v) is 9.78. The number of aryl methyl sites for hydroxylation is 2. The Kier molecular flexibility index (Phi) is 3.02. The maximum Gasteiger partial charge on any atom is 0.141 e. The molecule has 122 valence electrons. The predicted molar refractivity (Wildman–Crippen MR) is 93.5 cm³/mol. The number of thiophene rings is 1. The molecule has 0 aromatic carbocycles. The summed E-state index contributed by atoms with van der Waals surface area (Å²) in [6.45, 7) is 3.49. The minimum Gasteiger partial charge on any atom is -0.386 e. The van der Waals surface area contributed by atoms with Crippen molar-refractivity contribution < 1.29 is 5.11 Å². The van der Waals surface area contributed by atoms with Gasteiger partial charge in [0.05, 0.1) is 11.0 Å². The average Bonchev–Trinajstić information content (AvgIpc) is 3.31. The molecule has 4 nitrogen and oxygen atoms in total. The molecule has 2 aliphatic carbocycles. The Labute approximate surface area is 140 Å². The quantitative estimate of drug-likeness (QED) is 0.937. The topological polar surface area (TPSA) is 49.2 Å². The third-order valence-corrected chi connectivity index (χ3v) is 6.87. The highest BCUT2D eigenvalue weighted by atomic mass is 32.1. The second kappa shape index (κ2) is 4.90. The van der Waals surface area contributed by atoms with Gasteiger partial charge in [-0.3, -0.25) is 0 Å². The lowest BCUT2D eigenvalue weighted by atomic mass is 9.90. The Morgan fingerprint density at radius 3 is 2.74 bits per heavy atom. The molecule has 23 heavy (non-hydrogen) atoms. The summed E-state index contributed by atoms with van der Waals surface area (Å²) in [5.41, 5.74) is 0.980. The van der Waals surface area contributed by atoms with Gasteiger partial charge in [-0.2, -0.15) is 0 Å². The zero-order chi connectivity index (χ0) is 15.6. The van der Waals surface area contributed by atoms with Crippen LogP contribution in [0.5, 0.6) is 0 Å². The second-order valence-corrected chi connectivity index (χ2v) is 8.59. The summed E-state index contributed by atoms with van der Waals surface area (Å²) in [6.07, 6.45) is 8.23. The van der Waals surface area contributed by atoms with Crippen molar-refractivity contribution in [1.82, 2.24) is 9.97 Å². The largest absolute Gasteiger partial charge is 0.386 e. The van der Waals surface area contributed by atoms with E-state index >= 15 is 0 Å². The first kappa shape index (κ1) is 14.2. The molecule has 1 saturated carbocycles.